The van der Waals surface area contributed by atoms with E-state index in [2.05, 4.69) is 4.99 Å². The summed E-state index contributed by atoms with van der Waals surface area (Å²) >= 11 is 0. The van der Waals surface area contributed by atoms with Gasteiger partial charge in [0.1, 0.15) is 0 Å². The van der Waals surface area contributed by atoms with Gasteiger partial charge in [-0.25, -0.2) is 0 Å². The van der Waals surface area contributed by atoms with Crippen LogP contribution in [0.25, 0.3) is 0 Å². The van der Waals surface area contributed by atoms with Crippen molar-refractivity contribution in [3.8, 4) is 0 Å². The summed E-state index contributed by atoms with van der Waals surface area (Å²) in [5.74, 6) is 0. The molecular weight excluding hydrogens is 234 g/mol. The zero-order valence-electron chi connectivity index (χ0n) is 10.9. The minimum Gasteiger partial charge on any atom is -0.398 e. The third-order valence-electron chi connectivity index (χ3n) is 1.96. The molecule has 2 N–H and O–H groups in total. The number of hydrogen-bond acceptors (Lipinski definition) is 5. The first-order valence-corrected chi connectivity index (χ1v) is 5.68. The minimum atomic E-state index is -0.478. The predicted molar refractivity (Wildman–Crippen MR) is 73.2 cm³/mol. The molecule has 0 bridgehead atoms. The maximum absolute atomic E-state index is 10.7. The molecule has 0 unspecified atom stereocenters. The molecule has 0 aliphatic carbocycles. The van der Waals surface area contributed by atoms with E-state index in [0.717, 1.165) is 0 Å². The molecule has 18 heavy (non-hydrogen) atoms. The molecule has 0 aliphatic heterocycles. The Morgan fingerprint density at radius 2 is 2.17 bits per heavy atom. The van der Waals surface area contributed by atoms with Gasteiger partial charge in [0.25, 0.3) is 5.69 Å². The van der Waals surface area contributed by atoms with Gasteiger partial charge in [-0.1, -0.05) is 19.9 Å². The topological polar surface area (TPSA) is 90.8 Å². The Hall–Kier alpha value is -1.95. The van der Waals surface area contributed by atoms with Gasteiger partial charge in [-0.05, 0) is 6.07 Å². The van der Waals surface area contributed by atoms with E-state index in [1.54, 1.807) is 19.2 Å². The summed E-state index contributed by atoms with van der Waals surface area (Å²) in [5.41, 5.74) is 6.29. The van der Waals surface area contributed by atoms with E-state index in [-0.39, 0.29) is 5.69 Å². The highest BCUT2D eigenvalue weighted by molar-refractivity contribution is 5.92. The molecule has 0 radical (unpaired) electrons. The molecule has 0 fully saturated rings. The van der Waals surface area contributed by atoms with E-state index >= 15 is 0 Å². The molecule has 1 aromatic rings. The molecule has 100 valence electrons. The number of benzene rings is 1. The van der Waals surface area contributed by atoms with Crippen molar-refractivity contribution >= 4 is 17.6 Å². The van der Waals surface area contributed by atoms with Crippen molar-refractivity contribution in [2.24, 2.45) is 4.99 Å². The lowest BCUT2D eigenvalue weighted by atomic mass is 10.1. The Bertz CT molecular complexity index is 406. The Kier molecular flexibility index (Phi) is 8.13. The molecule has 0 aromatic heterocycles. The van der Waals surface area contributed by atoms with Crippen molar-refractivity contribution in [2.45, 2.75) is 13.8 Å². The van der Waals surface area contributed by atoms with Crippen LogP contribution in [0.15, 0.2) is 23.2 Å². The van der Waals surface area contributed by atoms with E-state index in [0.29, 0.717) is 24.4 Å². The molecule has 0 heterocycles. The second-order valence-electron chi connectivity index (χ2n) is 3.07. The number of nitrogen functional groups attached to an aromatic ring is 1. The lowest BCUT2D eigenvalue weighted by molar-refractivity contribution is -0.384. The number of aliphatic imine (C=N–C) groups is 1. The van der Waals surface area contributed by atoms with E-state index in [9.17, 15) is 10.1 Å². The number of nitro benzene ring substituents is 1. The largest absolute Gasteiger partial charge is 0.398 e. The molecule has 0 spiro atoms. The maximum Gasteiger partial charge on any atom is 0.280 e. The number of nitrogens with two attached hydrogens (primary N) is 1. The summed E-state index contributed by atoms with van der Waals surface area (Å²) in [5, 5.41) is 10.7. The van der Waals surface area contributed by atoms with Crippen molar-refractivity contribution in [2.75, 3.05) is 26.0 Å². The fraction of sp³-hybridized carbons (Fsp3) is 0.417. The van der Waals surface area contributed by atoms with Gasteiger partial charge in [-0.3, -0.25) is 15.1 Å². The quantitative estimate of drug-likeness (QED) is 0.286. The smallest absolute Gasteiger partial charge is 0.280 e. The van der Waals surface area contributed by atoms with Crippen LogP contribution in [-0.4, -0.2) is 31.4 Å². The Balaban J connectivity index is 0.00000137. The van der Waals surface area contributed by atoms with Crippen LogP contribution in [0.2, 0.25) is 0 Å². The van der Waals surface area contributed by atoms with E-state index in [4.69, 9.17) is 10.5 Å². The second kappa shape index (κ2) is 9.12. The zero-order valence-corrected chi connectivity index (χ0v) is 10.9. The van der Waals surface area contributed by atoms with Crippen LogP contribution in [0.4, 0.5) is 11.4 Å². The first-order chi connectivity index (χ1) is 8.66. The van der Waals surface area contributed by atoms with Gasteiger partial charge >= 0.3 is 0 Å². The third kappa shape index (κ3) is 4.92. The summed E-state index contributed by atoms with van der Waals surface area (Å²) in [6.07, 6.45) is 1.41. The summed E-state index contributed by atoms with van der Waals surface area (Å²) in [7, 11) is 1.56. The van der Waals surface area contributed by atoms with Crippen LogP contribution < -0.4 is 5.73 Å². The third-order valence-corrected chi connectivity index (χ3v) is 1.96. The van der Waals surface area contributed by atoms with Gasteiger partial charge in [0, 0.05) is 25.1 Å². The summed E-state index contributed by atoms with van der Waals surface area (Å²) < 4.78 is 4.81. The Labute approximate surface area is 107 Å². The number of nitro groups is 1. The number of rotatable bonds is 5. The van der Waals surface area contributed by atoms with Crippen molar-refractivity contribution in [1.82, 2.24) is 0 Å². The highest BCUT2D eigenvalue weighted by atomic mass is 16.6. The number of hydrogen-bond donors (Lipinski definition) is 1. The van der Waals surface area contributed by atoms with Gasteiger partial charge < -0.3 is 10.5 Å². The van der Waals surface area contributed by atoms with Gasteiger partial charge in [0.2, 0.25) is 0 Å². The minimum absolute atomic E-state index is 0.0406. The number of ether oxygens (including phenoxy) is 1. The normalized spacial score (nSPS) is 9.94. The number of nitrogens with zero attached hydrogens (tertiary/aromatic N) is 2. The first-order valence-electron chi connectivity index (χ1n) is 5.68. The summed E-state index contributed by atoms with van der Waals surface area (Å²) in [6, 6.07) is 4.54. The maximum atomic E-state index is 10.7. The number of anilines is 1. The molecule has 0 amide bonds. The lowest BCUT2D eigenvalue weighted by Crippen LogP contribution is -2.01. The van der Waals surface area contributed by atoms with Gasteiger partial charge in [0.15, 0.2) is 0 Å². The standard InChI is InChI=1S/C10H13N3O3.C2H6/c1-16-6-5-12-7-8-9(11)3-2-4-10(8)13(14)15;1-2/h2-4,7H,5-6,11H2,1H3;1-2H3. The van der Waals surface area contributed by atoms with E-state index in [1.807, 2.05) is 13.8 Å². The molecule has 0 saturated heterocycles. The highest BCUT2D eigenvalue weighted by Crippen LogP contribution is 2.21. The van der Waals surface area contributed by atoms with Gasteiger partial charge in [-0.2, -0.15) is 0 Å². The van der Waals surface area contributed by atoms with Crippen LogP contribution >= 0.6 is 0 Å². The monoisotopic (exact) mass is 253 g/mol. The molecule has 0 atom stereocenters. The van der Waals surface area contributed by atoms with Crippen LogP contribution in [0.1, 0.15) is 19.4 Å². The van der Waals surface area contributed by atoms with Gasteiger partial charge in [0.05, 0.1) is 23.6 Å². The zero-order chi connectivity index (χ0) is 14.0. The molecule has 6 heteroatoms. The first kappa shape index (κ1) is 16.1. The van der Waals surface area contributed by atoms with Crippen molar-refractivity contribution in [3.05, 3.63) is 33.9 Å². The molecule has 1 rings (SSSR count). The lowest BCUT2D eigenvalue weighted by Gasteiger charge is -2.00. The molecule has 1 aromatic carbocycles. The predicted octanol–water partition coefficient (Wildman–Crippen LogP) is 2.27. The van der Waals surface area contributed by atoms with Crippen LogP contribution in [0.5, 0.6) is 0 Å². The highest BCUT2D eigenvalue weighted by Gasteiger charge is 2.13. The Morgan fingerprint density at radius 3 is 2.72 bits per heavy atom. The SMILES string of the molecule is CC.COCCN=Cc1c(N)cccc1[N+](=O)[O-]. The summed E-state index contributed by atoms with van der Waals surface area (Å²) in [4.78, 5) is 14.2. The molecule has 6 nitrogen and oxygen atoms in total. The van der Waals surface area contributed by atoms with Crippen molar-refractivity contribution in [3.63, 3.8) is 0 Å². The van der Waals surface area contributed by atoms with Crippen LogP contribution in [0, 0.1) is 10.1 Å². The van der Waals surface area contributed by atoms with Gasteiger partial charge in [-0.15, -0.1) is 0 Å². The molecular formula is C12H19N3O3. The van der Waals surface area contributed by atoms with Crippen molar-refractivity contribution < 1.29 is 9.66 Å². The average molecular weight is 253 g/mol. The summed E-state index contributed by atoms with van der Waals surface area (Å²) in [6.45, 7) is 4.92. The molecule has 0 saturated carbocycles. The average Bonchev–Trinajstić information content (AvgIpc) is 2.38. The van der Waals surface area contributed by atoms with E-state index < -0.39 is 4.92 Å². The number of methoxy groups -OCH3 is 1. The second-order valence-corrected chi connectivity index (χ2v) is 3.07. The Morgan fingerprint density at radius 1 is 1.50 bits per heavy atom. The van der Waals surface area contributed by atoms with Crippen LogP contribution in [0.3, 0.4) is 0 Å². The van der Waals surface area contributed by atoms with E-state index in [1.165, 1.54) is 12.3 Å². The fourth-order valence-electron chi connectivity index (χ4n) is 1.17. The van der Waals surface area contributed by atoms with Crippen LogP contribution in [-0.2, 0) is 4.74 Å². The molecule has 0 aliphatic rings. The van der Waals surface area contributed by atoms with Crippen molar-refractivity contribution in [1.29, 1.82) is 0 Å². The fourth-order valence-corrected chi connectivity index (χ4v) is 1.17.